The first-order valence-electron chi connectivity index (χ1n) is 5.48. The maximum atomic E-state index is 13.6. The second kappa shape index (κ2) is 6.04. The SMILES string of the molecule is CCC(CN)NS(=O)(=O)c1ccc([N+](=O)[O-])cc1F. The standard InChI is InChI=1S/C10H14FN3O4S/c1-2-7(6-12)13-19(17,18)10-4-3-8(14(15)16)5-9(10)11/h3-5,7,13H,2,6,12H2,1H3. The zero-order chi connectivity index (χ0) is 14.6. The maximum Gasteiger partial charge on any atom is 0.272 e. The van der Waals surface area contributed by atoms with Crippen molar-refractivity contribution in [2.45, 2.75) is 24.3 Å². The van der Waals surface area contributed by atoms with Gasteiger partial charge in [0, 0.05) is 18.7 Å². The Morgan fingerprint density at radius 3 is 2.58 bits per heavy atom. The van der Waals surface area contributed by atoms with Gasteiger partial charge in [-0.1, -0.05) is 6.92 Å². The van der Waals surface area contributed by atoms with E-state index in [4.69, 9.17) is 5.73 Å². The summed E-state index contributed by atoms with van der Waals surface area (Å²) in [5, 5.41) is 10.4. The lowest BCUT2D eigenvalue weighted by Gasteiger charge is -2.15. The van der Waals surface area contributed by atoms with Crippen LogP contribution in [-0.2, 0) is 10.0 Å². The molecular weight excluding hydrogens is 277 g/mol. The van der Waals surface area contributed by atoms with Crippen LogP contribution in [0.5, 0.6) is 0 Å². The average Bonchev–Trinajstić information content (AvgIpc) is 2.35. The van der Waals surface area contributed by atoms with Crippen LogP contribution < -0.4 is 10.5 Å². The van der Waals surface area contributed by atoms with Crippen molar-refractivity contribution in [1.82, 2.24) is 4.72 Å². The molecule has 3 N–H and O–H groups in total. The largest absolute Gasteiger partial charge is 0.329 e. The van der Waals surface area contributed by atoms with Crippen molar-refractivity contribution in [2.75, 3.05) is 6.54 Å². The molecule has 19 heavy (non-hydrogen) atoms. The number of nitrogens with two attached hydrogens (primary N) is 1. The smallest absolute Gasteiger partial charge is 0.272 e. The minimum atomic E-state index is -4.08. The van der Waals surface area contributed by atoms with Gasteiger partial charge in [0.1, 0.15) is 10.7 Å². The molecule has 0 amide bonds. The molecule has 0 saturated carbocycles. The number of non-ortho nitro benzene ring substituents is 1. The lowest BCUT2D eigenvalue weighted by atomic mass is 10.2. The Morgan fingerprint density at radius 1 is 1.53 bits per heavy atom. The molecule has 0 fully saturated rings. The highest BCUT2D eigenvalue weighted by Crippen LogP contribution is 2.20. The van der Waals surface area contributed by atoms with E-state index in [1.54, 1.807) is 6.92 Å². The van der Waals surface area contributed by atoms with Crippen LogP contribution in [0.2, 0.25) is 0 Å². The summed E-state index contributed by atoms with van der Waals surface area (Å²) in [4.78, 5) is 9.00. The quantitative estimate of drug-likeness (QED) is 0.592. The van der Waals surface area contributed by atoms with Crippen molar-refractivity contribution in [3.05, 3.63) is 34.1 Å². The van der Waals surface area contributed by atoms with Gasteiger partial charge in [0.15, 0.2) is 0 Å². The number of nitro groups is 1. The number of hydrogen-bond acceptors (Lipinski definition) is 5. The number of nitrogens with one attached hydrogen (secondary N) is 1. The van der Waals surface area contributed by atoms with Crippen LogP contribution in [0.1, 0.15) is 13.3 Å². The summed E-state index contributed by atoms with van der Waals surface area (Å²) >= 11 is 0. The van der Waals surface area contributed by atoms with Crippen LogP contribution in [0, 0.1) is 15.9 Å². The average molecular weight is 291 g/mol. The first-order valence-corrected chi connectivity index (χ1v) is 6.96. The van der Waals surface area contributed by atoms with Crippen LogP contribution in [0.25, 0.3) is 0 Å². The first kappa shape index (κ1) is 15.5. The summed E-state index contributed by atoms with van der Waals surface area (Å²) in [5.41, 5.74) is 4.85. The highest BCUT2D eigenvalue weighted by molar-refractivity contribution is 7.89. The number of hydrogen-bond donors (Lipinski definition) is 2. The number of rotatable bonds is 6. The topological polar surface area (TPSA) is 115 Å². The third-order valence-electron chi connectivity index (χ3n) is 2.51. The van der Waals surface area contributed by atoms with E-state index in [2.05, 4.69) is 4.72 Å². The van der Waals surface area contributed by atoms with Crippen LogP contribution >= 0.6 is 0 Å². The van der Waals surface area contributed by atoms with Gasteiger partial charge < -0.3 is 5.73 Å². The van der Waals surface area contributed by atoms with Crippen molar-refractivity contribution in [1.29, 1.82) is 0 Å². The third kappa shape index (κ3) is 3.69. The number of nitrogens with zero attached hydrogens (tertiary/aromatic N) is 1. The van der Waals surface area contributed by atoms with E-state index in [1.165, 1.54) is 0 Å². The number of benzene rings is 1. The molecule has 0 saturated heterocycles. The molecule has 9 heteroatoms. The van der Waals surface area contributed by atoms with Crippen LogP contribution in [0.4, 0.5) is 10.1 Å². The van der Waals surface area contributed by atoms with Crippen molar-refractivity contribution >= 4 is 15.7 Å². The Balaban J connectivity index is 3.12. The number of halogens is 1. The second-order valence-electron chi connectivity index (χ2n) is 3.83. The van der Waals surface area contributed by atoms with Gasteiger partial charge in [-0.3, -0.25) is 10.1 Å². The fourth-order valence-electron chi connectivity index (χ4n) is 1.40. The summed E-state index contributed by atoms with van der Waals surface area (Å²) in [5.74, 6) is -1.17. The minimum Gasteiger partial charge on any atom is -0.329 e. The van der Waals surface area contributed by atoms with Crippen LogP contribution in [0.15, 0.2) is 23.1 Å². The summed E-state index contributed by atoms with van der Waals surface area (Å²) in [6.07, 6.45) is 0.449. The Labute approximate surface area is 109 Å². The molecule has 1 atom stereocenters. The first-order chi connectivity index (χ1) is 8.81. The molecular formula is C10H14FN3O4S. The molecule has 0 radical (unpaired) electrons. The molecule has 7 nitrogen and oxygen atoms in total. The Kier molecular flexibility index (Phi) is 4.92. The van der Waals surface area contributed by atoms with E-state index in [-0.39, 0.29) is 6.54 Å². The molecule has 1 unspecified atom stereocenters. The van der Waals surface area contributed by atoms with Crippen molar-refractivity contribution in [3.63, 3.8) is 0 Å². The van der Waals surface area contributed by atoms with Gasteiger partial charge >= 0.3 is 0 Å². The highest BCUT2D eigenvalue weighted by Gasteiger charge is 2.23. The van der Waals surface area contributed by atoms with Crippen molar-refractivity contribution in [3.8, 4) is 0 Å². The van der Waals surface area contributed by atoms with Gasteiger partial charge in [-0.2, -0.15) is 0 Å². The van der Waals surface area contributed by atoms with E-state index >= 15 is 0 Å². The van der Waals surface area contributed by atoms with Gasteiger partial charge in [-0.25, -0.2) is 17.5 Å². The van der Waals surface area contributed by atoms with Gasteiger partial charge in [-0.05, 0) is 12.5 Å². The molecule has 0 bridgehead atoms. The Hall–Kier alpha value is -1.58. The fourth-order valence-corrected chi connectivity index (χ4v) is 2.79. The molecule has 1 aromatic carbocycles. The lowest BCUT2D eigenvalue weighted by molar-refractivity contribution is -0.385. The molecule has 0 aliphatic rings. The van der Waals surface area contributed by atoms with Gasteiger partial charge in [0.25, 0.3) is 5.69 Å². The van der Waals surface area contributed by atoms with Crippen LogP contribution in [-0.4, -0.2) is 25.9 Å². The predicted octanol–water partition coefficient (Wildman–Crippen LogP) is 0.750. The zero-order valence-electron chi connectivity index (χ0n) is 10.2. The fraction of sp³-hybridized carbons (Fsp3) is 0.400. The molecule has 0 aliphatic carbocycles. The number of nitro benzene ring substituents is 1. The minimum absolute atomic E-state index is 0.0737. The van der Waals surface area contributed by atoms with Gasteiger partial charge in [0.05, 0.1) is 11.0 Å². The number of sulfonamides is 1. The normalized spacial score (nSPS) is 13.2. The van der Waals surface area contributed by atoms with Crippen molar-refractivity contribution in [2.24, 2.45) is 5.73 Å². The summed E-state index contributed by atoms with van der Waals surface area (Å²) < 4.78 is 39.6. The van der Waals surface area contributed by atoms with Gasteiger partial charge in [0.2, 0.25) is 10.0 Å². The zero-order valence-corrected chi connectivity index (χ0v) is 11.0. The van der Waals surface area contributed by atoms with Crippen molar-refractivity contribution < 1.29 is 17.7 Å². The van der Waals surface area contributed by atoms with Crippen LogP contribution in [0.3, 0.4) is 0 Å². The molecule has 0 spiro atoms. The van der Waals surface area contributed by atoms with E-state index < -0.39 is 37.4 Å². The molecule has 1 aromatic rings. The van der Waals surface area contributed by atoms with Gasteiger partial charge in [-0.15, -0.1) is 0 Å². The van der Waals surface area contributed by atoms with E-state index in [0.717, 1.165) is 12.1 Å². The molecule has 0 aromatic heterocycles. The highest BCUT2D eigenvalue weighted by atomic mass is 32.2. The predicted molar refractivity (Wildman–Crippen MR) is 66.5 cm³/mol. The monoisotopic (exact) mass is 291 g/mol. The lowest BCUT2D eigenvalue weighted by Crippen LogP contribution is -2.39. The Morgan fingerprint density at radius 2 is 2.16 bits per heavy atom. The Bertz CT molecular complexity index is 572. The maximum absolute atomic E-state index is 13.6. The molecule has 0 heterocycles. The summed E-state index contributed by atoms with van der Waals surface area (Å²) in [6.45, 7) is 1.80. The van der Waals surface area contributed by atoms with E-state index in [0.29, 0.717) is 12.5 Å². The van der Waals surface area contributed by atoms with E-state index in [9.17, 15) is 22.9 Å². The summed E-state index contributed by atoms with van der Waals surface area (Å²) in [7, 11) is -4.08. The third-order valence-corrected chi connectivity index (χ3v) is 4.07. The molecule has 1 rings (SSSR count). The molecule has 106 valence electrons. The van der Waals surface area contributed by atoms with E-state index in [1.807, 2.05) is 0 Å². The summed E-state index contributed by atoms with van der Waals surface area (Å²) in [6, 6.07) is 1.84. The second-order valence-corrected chi connectivity index (χ2v) is 5.52. The molecule has 0 aliphatic heterocycles.